The van der Waals surface area contributed by atoms with Crippen molar-refractivity contribution in [3.05, 3.63) is 0 Å². The number of aliphatic carboxylic acids is 1. The molecule has 0 saturated carbocycles. The lowest BCUT2D eigenvalue weighted by Crippen LogP contribution is -2.52. The number of ether oxygens (including phenoxy) is 1. The number of carbonyl (C=O) groups excluding carboxylic acids is 1. The molecule has 0 aliphatic heterocycles. The fraction of sp³-hybridized carbons (Fsp3) is 0.846. The van der Waals surface area contributed by atoms with E-state index in [-0.39, 0.29) is 5.92 Å². The molecule has 18 heavy (non-hydrogen) atoms. The highest BCUT2D eigenvalue weighted by molar-refractivity contribution is 5.76. The van der Waals surface area contributed by atoms with Gasteiger partial charge in [-0.1, -0.05) is 13.8 Å². The topological polar surface area (TPSA) is 75.6 Å². The van der Waals surface area contributed by atoms with Crippen LogP contribution in [0.15, 0.2) is 0 Å². The Bertz CT molecular complexity index is 315. The predicted octanol–water partition coefficient (Wildman–Crippen LogP) is 2.65. The van der Waals surface area contributed by atoms with E-state index in [0.29, 0.717) is 0 Å². The van der Waals surface area contributed by atoms with Crippen LogP contribution in [-0.2, 0) is 9.53 Å². The van der Waals surface area contributed by atoms with Gasteiger partial charge in [-0.15, -0.1) is 0 Å². The lowest BCUT2D eigenvalue weighted by atomic mass is 9.78. The normalized spacial score (nSPS) is 14.2. The first kappa shape index (κ1) is 16.7. The summed E-state index contributed by atoms with van der Waals surface area (Å²) in [5, 5.41) is 11.9. The quantitative estimate of drug-likeness (QED) is 0.813. The number of hydrogen-bond donors (Lipinski definition) is 2. The van der Waals surface area contributed by atoms with Crippen LogP contribution in [0.3, 0.4) is 0 Å². The molecule has 0 saturated heterocycles. The van der Waals surface area contributed by atoms with Crippen molar-refractivity contribution in [3.8, 4) is 0 Å². The van der Waals surface area contributed by atoms with Crippen molar-refractivity contribution in [2.24, 2.45) is 11.3 Å². The van der Waals surface area contributed by atoms with Crippen LogP contribution in [0.25, 0.3) is 0 Å². The molecule has 1 amide bonds. The lowest BCUT2D eigenvalue weighted by molar-refractivity contribution is -0.149. The van der Waals surface area contributed by atoms with Crippen molar-refractivity contribution in [1.82, 2.24) is 5.32 Å². The summed E-state index contributed by atoms with van der Waals surface area (Å²) in [4.78, 5) is 23.0. The Kier molecular flexibility index (Phi) is 5.20. The first-order chi connectivity index (χ1) is 7.88. The molecule has 0 aliphatic rings. The number of nitrogens with one attached hydrogen (secondary N) is 1. The first-order valence-electron chi connectivity index (χ1n) is 6.11. The molecule has 5 nitrogen and oxygen atoms in total. The summed E-state index contributed by atoms with van der Waals surface area (Å²) in [5.74, 6) is -0.958. The molecule has 0 fully saturated rings. The van der Waals surface area contributed by atoms with Gasteiger partial charge in [0.15, 0.2) is 0 Å². The molecule has 0 heterocycles. The number of carbonyl (C=O) groups is 2. The van der Waals surface area contributed by atoms with Crippen LogP contribution in [0.4, 0.5) is 4.79 Å². The third-order valence-electron chi connectivity index (χ3n) is 2.67. The molecule has 0 spiro atoms. The van der Waals surface area contributed by atoms with Gasteiger partial charge >= 0.3 is 12.1 Å². The van der Waals surface area contributed by atoms with Crippen molar-refractivity contribution in [2.75, 3.05) is 0 Å². The second kappa shape index (κ2) is 5.59. The minimum absolute atomic E-state index is 0.0105. The number of carboxylic acid groups (broad SMARTS) is 1. The molecule has 106 valence electrons. The summed E-state index contributed by atoms with van der Waals surface area (Å²) in [6.07, 6.45) is -0.587. The Hall–Kier alpha value is -1.26. The highest BCUT2D eigenvalue weighted by atomic mass is 16.6. The molecule has 0 aromatic carbocycles. The molecule has 0 aromatic rings. The number of amides is 1. The molecule has 0 rings (SSSR count). The van der Waals surface area contributed by atoms with E-state index >= 15 is 0 Å². The SMILES string of the molecule is CC(C)C(NC(=O)OC(C)(C)C)C(C)(C)C(=O)O. The van der Waals surface area contributed by atoms with E-state index in [1.54, 1.807) is 34.6 Å². The standard InChI is InChI=1S/C13H25NO4/c1-8(2)9(13(6,7)10(15)16)14-11(17)18-12(3,4)5/h8-9H,1-7H3,(H,14,17)(H,15,16). The molecule has 2 N–H and O–H groups in total. The van der Waals surface area contributed by atoms with Crippen LogP contribution in [0.5, 0.6) is 0 Å². The zero-order valence-corrected chi connectivity index (χ0v) is 12.3. The number of rotatable bonds is 4. The Morgan fingerprint density at radius 3 is 1.83 bits per heavy atom. The summed E-state index contributed by atoms with van der Waals surface area (Å²) in [5.41, 5.74) is -1.65. The Labute approximate surface area is 109 Å². The van der Waals surface area contributed by atoms with Crippen LogP contribution >= 0.6 is 0 Å². The number of alkyl carbamates (subject to hydrolysis) is 1. The fourth-order valence-electron chi connectivity index (χ4n) is 1.75. The van der Waals surface area contributed by atoms with Gasteiger partial charge in [-0.3, -0.25) is 4.79 Å². The number of hydrogen-bond acceptors (Lipinski definition) is 3. The summed E-state index contributed by atoms with van der Waals surface area (Å²) in [6, 6.07) is -0.496. The molecular weight excluding hydrogens is 234 g/mol. The third kappa shape index (κ3) is 4.94. The maximum absolute atomic E-state index is 11.7. The van der Waals surface area contributed by atoms with Crippen LogP contribution in [0.2, 0.25) is 0 Å². The average molecular weight is 259 g/mol. The van der Waals surface area contributed by atoms with E-state index in [2.05, 4.69) is 5.32 Å². The van der Waals surface area contributed by atoms with Crippen LogP contribution in [-0.4, -0.2) is 28.8 Å². The summed E-state index contributed by atoms with van der Waals surface area (Å²) in [6.45, 7) is 12.2. The summed E-state index contributed by atoms with van der Waals surface area (Å²) in [7, 11) is 0. The smallest absolute Gasteiger partial charge is 0.407 e. The van der Waals surface area contributed by atoms with Crippen LogP contribution in [0.1, 0.15) is 48.5 Å². The van der Waals surface area contributed by atoms with E-state index in [1.807, 2.05) is 13.8 Å². The van der Waals surface area contributed by atoms with Crippen molar-refractivity contribution in [2.45, 2.75) is 60.1 Å². The van der Waals surface area contributed by atoms with Gasteiger partial charge in [-0.25, -0.2) is 4.79 Å². The van der Waals surface area contributed by atoms with Gasteiger partial charge in [0, 0.05) is 0 Å². The summed E-state index contributed by atoms with van der Waals surface area (Å²) < 4.78 is 5.15. The van der Waals surface area contributed by atoms with Crippen molar-refractivity contribution >= 4 is 12.1 Å². The first-order valence-corrected chi connectivity index (χ1v) is 6.11. The average Bonchev–Trinajstić information content (AvgIpc) is 2.10. The minimum Gasteiger partial charge on any atom is -0.481 e. The molecule has 1 unspecified atom stereocenters. The number of carboxylic acids is 1. The Balaban J connectivity index is 4.86. The van der Waals surface area contributed by atoms with E-state index in [9.17, 15) is 14.7 Å². The second-order valence-corrected chi connectivity index (χ2v) is 6.39. The van der Waals surface area contributed by atoms with Crippen molar-refractivity contribution < 1.29 is 19.4 Å². The van der Waals surface area contributed by atoms with E-state index in [0.717, 1.165) is 0 Å². The zero-order valence-electron chi connectivity index (χ0n) is 12.3. The molecule has 0 aliphatic carbocycles. The molecule has 0 aromatic heterocycles. The highest BCUT2D eigenvalue weighted by Crippen LogP contribution is 2.26. The second-order valence-electron chi connectivity index (χ2n) is 6.39. The van der Waals surface area contributed by atoms with E-state index in [4.69, 9.17) is 4.74 Å². The summed E-state index contributed by atoms with van der Waals surface area (Å²) >= 11 is 0. The largest absolute Gasteiger partial charge is 0.481 e. The molecule has 5 heteroatoms. The Morgan fingerprint density at radius 2 is 1.56 bits per heavy atom. The molecule has 1 atom stereocenters. The van der Waals surface area contributed by atoms with Crippen LogP contribution in [0, 0.1) is 11.3 Å². The van der Waals surface area contributed by atoms with Gasteiger partial charge in [0.05, 0.1) is 11.5 Å². The van der Waals surface area contributed by atoms with E-state index < -0.39 is 29.1 Å². The lowest BCUT2D eigenvalue weighted by Gasteiger charge is -2.34. The maximum atomic E-state index is 11.7. The van der Waals surface area contributed by atoms with Crippen molar-refractivity contribution in [1.29, 1.82) is 0 Å². The maximum Gasteiger partial charge on any atom is 0.407 e. The predicted molar refractivity (Wildman–Crippen MR) is 69.4 cm³/mol. The monoisotopic (exact) mass is 259 g/mol. The van der Waals surface area contributed by atoms with Gasteiger partial charge in [-0.2, -0.15) is 0 Å². The van der Waals surface area contributed by atoms with E-state index in [1.165, 1.54) is 0 Å². The molecular formula is C13H25NO4. The minimum atomic E-state index is -1.05. The molecule has 0 bridgehead atoms. The van der Waals surface area contributed by atoms with Gasteiger partial charge in [0.2, 0.25) is 0 Å². The van der Waals surface area contributed by atoms with Gasteiger partial charge < -0.3 is 15.2 Å². The fourth-order valence-corrected chi connectivity index (χ4v) is 1.75. The highest BCUT2D eigenvalue weighted by Gasteiger charge is 2.40. The van der Waals surface area contributed by atoms with Gasteiger partial charge in [-0.05, 0) is 40.5 Å². The molecule has 0 radical (unpaired) electrons. The Morgan fingerprint density at radius 1 is 1.11 bits per heavy atom. The van der Waals surface area contributed by atoms with Crippen LogP contribution < -0.4 is 5.32 Å². The van der Waals surface area contributed by atoms with Gasteiger partial charge in [0.25, 0.3) is 0 Å². The zero-order chi connectivity index (χ0) is 14.7. The van der Waals surface area contributed by atoms with Crippen molar-refractivity contribution in [3.63, 3.8) is 0 Å². The third-order valence-corrected chi connectivity index (χ3v) is 2.67. The van der Waals surface area contributed by atoms with Gasteiger partial charge in [0.1, 0.15) is 5.60 Å².